The van der Waals surface area contributed by atoms with E-state index in [1.807, 2.05) is 55.5 Å². The Balaban J connectivity index is 1.82. The number of rotatable bonds is 10. The second-order valence-electron chi connectivity index (χ2n) is 7.52. The van der Waals surface area contributed by atoms with E-state index < -0.39 is 10.0 Å². The first kappa shape index (κ1) is 22.6. The maximum Gasteiger partial charge on any atom is 0.240 e. The first-order valence-electron chi connectivity index (χ1n) is 10.3. The molecule has 0 aliphatic rings. The molecule has 158 valence electrons. The van der Waals surface area contributed by atoms with E-state index >= 15 is 0 Å². The van der Waals surface area contributed by atoms with Gasteiger partial charge in [0.25, 0.3) is 0 Å². The van der Waals surface area contributed by atoms with Crippen molar-refractivity contribution in [1.29, 1.82) is 0 Å². The summed E-state index contributed by atoms with van der Waals surface area (Å²) >= 11 is 1.69. The fraction of sp³-hybridized carbons (Fsp3) is 0.280. The minimum atomic E-state index is -3.59. The standard InChI is InChI=1S/C25H29NO2S2/c1-3-22(18-21-10-6-4-7-11-21)25(19-29-23-12-8-5-9-13-23)26-30(27,28)24-16-14-20(2)15-17-24/h4-17,22,25-26H,3,18-19H2,1-2H3. The van der Waals surface area contributed by atoms with E-state index in [4.69, 9.17) is 0 Å². The summed E-state index contributed by atoms with van der Waals surface area (Å²) in [6, 6.07) is 27.3. The summed E-state index contributed by atoms with van der Waals surface area (Å²) in [5.74, 6) is 0.879. The molecule has 0 aliphatic carbocycles. The van der Waals surface area contributed by atoms with Crippen LogP contribution in [0, 0.1) is 12.8 Å². The number of benzene rings is 3. The maximum atomic E-state index is 13.1. The summed E-state index contributed by atoms with van der Waals surface area (Å²) in [4.78, 5) is 1.46. The predicted octanol–water partition coefficient (Wildman–Crippen LogP) is 5.70. The fourth-order valence-corrected chi connectivity index (χ4v) is 5.93. The second-order valence-corrected chi connectivity index (χ2v) is 10.3. The normalized spacial score (nSPS) is 13.7. The molecule has 0 saturated heterocycles. The van der Waals surface area contributed by atoms with E-state index in [0.29, 0.717) is 10.6 Å². The SMILES string of the molecule is CCC(Cc1ccccc1)C(CSc1ccccc1)NS(=O)(=O)c1ccc(C)cc1. The van der Waals surface area contributed by atoms with Gasteiger partial charge >= 0.3 is 0 Å². The zero-order valence-electron chi connectivity index (χ0n) is 17.5. The maximum absolute atomic E-state index is 13.1. The van der Waals surface area contributed by atoms with Gasteiger partial charge in [-0.15, -0.1) is 11.8 Å². The van der Waals surface area contributed by atoms with E-state index in [1.54, 1.807) is 23.9 Å². The van der Waals surface area contributed by atoms with Gasteiger partial charge in [-0.2, -0.15) is 0 Å². The Hall–Kier alpha value is -2.08. The highest BCUT2D eigenvalue weighted by Crippen LogP contribution is 2.25. The number of sulfonamides is 1. The number of hydrogen-bond acceptors (Lipinski definition) is 3. The molecule has 0 fully saturated rings. The third kappa shape index (κ3) is 6.46. The molecule has 0 aliphatic heterocycles. The quantitative estimate of drug-likeness (QED) is 0.412. The van der Waals surface area contributed by atoms with Crippen LogP contribution in [0.5, 0.6) is 0 Å². The molecule has 3 aromatic rings. The summed E-state index contributed by atoms with van der Waals surface area (Å²) in [6.07, 6.45) is 1.74. The van der Waals surface area contributed by atoms with Gasteiger partial charge in [-0.1, -0.05) is 79.6 Å². The molecule has 0 radical (unpaired) electrons. The largest absolute Gasteiger partial charge is 0.240 e. The average Bonchev–Trinajstić information content (AvgIpc) is 2.77. The first-order valence-corrected chi connectivity index (χ1v) is 12.8. The van der Waals surface area contributed by atoms with Gasteiger partial charge in [-0.25, -0.2) is 13.1 Å². The third-order valence-electron chi connectivity index (χ3n) is 5.24. The van der Waals surface area contributed by atoms with Crippen molar-refractivity contribution >= 4 is 21.8 Å². The first-order chi connectivity index (χ1) is 14.5. The van der Waals surface area contributed by atoms with E-state index in [1.165, 1.54) is 5.56 Å². The van der Waals surface area contributed by atoms with E-state index in [9.17, 15) is 8.42 Å². The lowest BCUT2D eigenvalue weighted by Gasteiger charge is -2.27. The molecular formula is C25H29NO2S2. The lowest BCUT2D eigenvalue weighted by molar-refractivity contribution is 0.404. The Bertz CT molecular complexity index is 1000. The van der Waals surface area contributed by atoms with Crippen LogP contribution in [0.1, 0.15) is 24.5 Å². The van der Waals surface area contributed by atoms with Crippen molar-refractivity contribution in [2.75, 3.05) is 5.75 Å². The summed E-state index contributed by atoms with van der Waals surface area (Å²) in [7, 11) is -3.59. The molecule has 0 aromatic heterocycles. The Kier molecular flexibility index (Phi) is 8.14. The van der Waals surface area contributed by atoms with Crippen LogP contribution in [0.25, 0.3) is 0 Å². The molecule has 3 nitrogen and oxygen atoms in total. The molecule has 0 amide bonds. The molecular weight excluding hydrogens is 410 g/mol. The van der Waals surface area contributed by atoms with Crippen LogP contribution >= 0.6 is 11.8 Å². The van der Waals surface area contributed by atoms with Gasteiger partial charge in [0, 0.05) is 16.7 Å². The van der Waals surface area contributed by atoms with Crippen molar-refractivity contribution in [3.05, 3.63) is 96.1 Å². The minimum absolute atomic E-state index is 0.174. The Morgan fingerprint density at radius 1 is 0.867 bits per heavy atom. The number of hydrogen-bond donors (Lipinski definition) is 1. The Morgan fingerprint density at radius 3 is 2.07 bits per heavy atom. The summed E-state index contributed by atoms with van der Waals surface area (Å²) < 4.78 is 29.3. The molecule has 5 heteroatoms. The van der Waals surface area contributed by atoms with Gasteiger partial charge in [0.15, 0.2) is 0 Å². The van der Waals surface area contributed by atoms with Crippen molar-refractivity contribution in [1.82, 2.24) is 4.72 Å². The van der Waals surface area contributed by atoms with Crippen LogP contribution in [0.4, 0.5) is 0 Å². The van der Waals surface area contributed by atoms with Crippen molar-refractivity contribution in [2.45, 2.75) is 42.5 Å². The predicted molar refractivity (Wildman–Crippen MR) is 126 cm³/mol. The highest BCUT2D eigenvalue weighted by atomic mass is 32.2. The molecule has 3 rings (SSSR count). The third-order valence-corrected chi connectivity index (χ3v) is 7.88. The smallest absolute Gasteiger partial charge is 0.207 e. The van der Waals surface area contributed by atoms with Crippen LogP contribution in [-0.4, -0.2) is 20.2 Å². The summed E-state index contributed by atoms with van der Waals surface area (Å²) in [5.41, 5.74) is 2.27. The summed E-state index contributed by atoms with van der Waals surface area (Å²) in [5, 5.41) is 0. The highest BCUT2D eigenvalue weighted by Gasteiger charge is 2.26. The van der Waals surface area contributed by atoms with Gasteiger partial charge in [0.1, 0.15) is 0 Å². The Labute approximate surface area is 185 Å². The van der Waals surface area contributed by atoms with Gasteiger partial charge in [0.05, 0.1) is 4.90 Å². The van der Waals surface area contributed by atoms with Crippen molar-refractivity contribution < 1.29 is 8.42 Å². The molecule has 2 unspecified atom stereocenters. The number of nitrogens with one attached hydrogen (secondary N) is 1. The molecule has 0 heterocycles. The van der Waals surface area contributed by atoms with Crippen LogP contribution in [0.2, 0.25) is 0 Å². The van der Waals surface area contributed by atoms with Crippen molar-refractivity contribution in [3.63, 3.8) is 0 Å². The lowest BCUT2D eigenvalue weighted by atomic mass is 9.91. The van der Waals surface area contributed by atoms with Crippen molar-refractivity contribution in [2.24, 2.45) is 5.92 Å². The van der Waals surface area contributed by atoms with Gasteiger partial charge in [-0.05, 0) is 49.1 Å². The number of thioether (sulfide) groups is 1. The molecule has 3 aromatic carbocycles. The second kappa shape index (κ2) is 10.8. The van der Waals surface area contributed by atoms with Crippen LogP contribution in [0.3, 0.4) is 0 Å². The van der Waals surface area contributed by atoms with Crippen molar-refractivity contribution in [3.8, 4) is 0 Å². The zero-order chi connectivity index (χ0) is 21.4. The van der Waals surface area contributed by atoms with Gasteiger partial charge < -0.3 is 0 Å². The van der Waals surface area contributed by atoms with E-state index in [-0.39, 0.29) is 12.0 Å². The topological polar surface area (TPSA) is 46.2 Å². The molecule has 0 spiro atoms. The van der Waals surface area contributed by atoms with Crippen LogP contribution in [-0.2, 0) is 16.4 Å². The highest BCUT2D eigenvalue weighted by molar-refractivity contribution is 7.99. The van der Waals surface area contributed by atoms with Crippen LogP contribution in [0.15, 0.2) is 94.7 Å². The molecule has 2 atom stereocenters. The van der Waals surface area contributed by atoms with Gasteiger partial charge in [-0.3, -0.25) is 0 Å². The van der Waals surface area contributed by atoms with E-state index in [2.05, 4.69) is 35.9 Å². The van der Waals surface area contributed by atoms with Gasteiger partial charge in [0.2, 0.25) is 10.0 Å². The van der Waals surface area contributed by atoms with E-state index in [0.717, 1.165) is 23.3 Å². The lowest BCUT2D eigenvalue weighted by Crippen LogP contribution is -2.42. The Morgan fingerprint density at radius 2 is 1.47 bits per heavy atom. The number of aryl methyl sites for hydroxylation is 1. The molecule has 30 heavy (non-hydrogen) atoms. The minimum Gasteiger partial charge on any atom is -0.207 e. The average molecular weight is 440 g/mol. The molecule has 0 bridgehead atoms. The summed E-state index contributed by atoms with van der Waals surface area (Å²) in [6.45, 7) is 4.09. The molecule has 1 N–H and O–H groups in total. The fourth-order valence-electron chi connectivity index (χ4n) is 3.44. The molecule has 0 saturated carbocycles. The monoisotopic (exact) mass is 439 g/mol. The van der Waals surface area contributed by atoms with Crippen LogP contribution < -0.4 is 4.72 Å². The zero-order valence-corrected chi connectivity index (χ0v) is 19.1.